The molecule has 1 aromatic rings. The molecular weight excluding hydrogens is 340 g/mol. The lowest BCUT2D eigenvalue weighted by Crippen LogP contribution is -2.59. The smallest absolute Gasteiger partial charge is 0.232 e. The van der Waals surface area contributed by atoms with Gasteiger partial charge in [0.15, 0.2) is 5.17 Å². The van der Waals surface area contributed by atoms with Crippen LogP contribution in [0.5, 0.6) is 0 Å². The standard InChI is InChI=1S/C22H28N2OS/c1-14-3-4-18(7-15(14)2)21-9-16-8-17(10-21)12-22(11-16,13-21)19(25)24-20-23-5-6-26-20/h3-4,7,16-17H,5-6,8-13H2,1-2H3,(H,23,24,25). The number of hydrogen-bond acceptors (Lipinski definition) is 3. The number of rotatable bonds is 2. The van der Waals surface area contributed by atoms with Gasteiger partial charge in [-0.25, -0.2) is 0 Å². The van der Waals surface area contributed by atoms with Gasteiger partial charge in [0.1, 0.15) is 0 Å². The van der Waals surface area contributed by atoms with Crippen molar-refractivity contribution in [1.82, 2.24) is 5.32 Å². The predicted molar refractivity (Wildman–Crippen MR) is 108 cm³/mol. The van der Waals surface area contributed by atoms with Crippen LogP contribution >= 0.6 is 11.8 Å². The van der Waals surface area contributed by atoms with Crippen LogP contribution < -0.4 is 5.32 Å². The van der Waals surface area contributed by atoms with E-state index >= 15 is 0 Å². The molecule has 6 rings (SSSR count). The molecule has 1 N–H and O–H groups in total. The summed E-state index contributed by atoms with van der Waals surface area (Å²) in [6, 6.07) is 7.03. The zero-order chi connectivity index (χ0) is 17.9. The lowest BCUT2D eigenvalue weighted by molar-refractivity contribution is -0.147. The van der Waals surface area contributed by atoms with Crippen molar-refractivity contribution >= 4 is 22.8 Å². The number of nitrogens with one attached hydrogen (secondary N) is 1. The monoisotopic (exact) mass is 368 g/mol. The van der Waals surface area contributed by atoms with Gasteiger partial charge in [-0.1, -0.05) is 30.0 Å². The second-order valence-electron chi connectivity index (χ2n) is 9.31. The predicted octanol–water partition coefficient (Wildman–Crippen LogP) is 4.36. The van der Waals surface area contributed by atoms with E-state index in [1.807, 2.05) is 0 Å². The second-order valence-corrected chi connectivity index (χ2v) is 10.4. The number of amides is 1. The van der Waals surface area contributed by atoms with Crippen molar-refractivity contribution in [2.75, 3.05) is 12.3 Å². The molecule has 4 bridgehead atoms. The lowest BCUT2D eigenvalue weighted by Gasteiger charge is -2.61. The van der Waals surface area contributed by atoms with Gasteiger partial charge in [-0.3, -0.25) is 9.79 Å². The van der Waals surface area contributed by atoms with Crippen molar-refractivity contribution in [1.29, 1.82) is 0 Å². The van der Waals surface area contributed by atoms with Crippen molar-refractivity contribution in [2.45, 2.75) is 57.8 Å². The number of aliphatic imine (C=N–C) groups is 1. The van der Waals surface area contributed by atoms with Crippen LogP contribution in [-0.2, 0) is 10.2 Å². The van der Waals surface area contributed by atoms with E-state index in [4.69, 9.17) is 0 Å². The van der Waals surface area contributed by atoms with Crippen molar-refractivity contribution in [3.8, 4) is 0 Å². The molecule has 3 nitrogen and oxygen atoms in total. The summed E-state index contributed by atoms with van der Waals surface area (Å²) < 4.78 is 0. The Kier molecular flexibility index (Phi) is 3.79. The maximum Gasteiger partial charge on any atom is 0.232 e. The molecule has 1 aliphatic heterocycles. The van der Waals surface area contributed by atoms with Gasteiger partial charge < -0.3 is 5.32 Å². The van der Waals surface area contributed by atoms with Crippen LogP contribution in [0.2, 0.25) is 0 Å². The van der Waals surface area contributed by atoms with Crippen LogP contribution in [0.25, 0.3) is 0 Å². The summed E-state index contributed by atoms with van der Waals surface area (Å²) in [6.07, 6.45) is 7.07. The Morgan fingerprint density at radius 3 is 2.58 bits per heavy atom. The molecule has 4 aliphatic carbocycles. The fourth-order valence-corrected chi connectivity index (χ4v) is 7.30. The van der Waals surface area contributed by atoms with Gasteiger partial charge in [-0.05, 0) is 86.3 Å². The van der Waals surface area contributed by atoms with Crippen LogP contribution in [0, 0.1) is 31.1 Å². The molecule has 4 fully saturated rings. The molecule has 138 valence electrons. The van der Waals surface area contributed by atoms with Gasteiger partial charge in [0.25, 0.3) is 0 Å². The molecule has 1 aromatic carbocycles. The normalized spacial score (nSPS) is 37.7. The van der Waals surface area contributed by atoms with Crippen LogP contribution in [0.3, 0.4) is 0 Å². The van der Waals surface area contributed by atoms with E-state index in [-0.39, 0.29) is 16.7 Å². The Bertz CT molecular complexity index is 785. The van der Waals surface area contributed by atoms with Gasteiger partial charge in [0.05, 0.1) is 12.0 Å². The Morgan fingerprint density at radius 1 is 1.15 bits per heavy atom. The van der Waals surface area contributed by atoms with Crippen molar-refractivity contribution in [2.24, 2.45) is 22.2 Å². The first kappa shape index (κ1) is 16.9. The minimum absolute atomic E-state index is 0.172. The number of benzene rings is 1. The molecule has 5 aliphatic rings. The molecular formula is C22H28N2OS. The SMILES string of the molecule is Cc1ccc(C23CC4CC(CC(C(=O)NC5=NCCS5)(C4)C2)C3)cc1C. The molecule has 4 saturated carbocycles. The number of hydrogen-bond donors (Lipinski definition) is 1. The molecule has 2 atom stereocenters. The Labute approximate surface area is 160 Å². The van der Waals surface area contributed by atoms with Crippen molar-refractivity contribution in [3.05, 3.63) is 34.9 Å². The Balaban J connectivity index is 1.49. The summed E-state index contributed by atoms with van der Waals surface area (Å²) in [7, 11) is 0. The summed E-state index contributed by atoms with van der Waals surface area (Å²) in [4.78, 5) is 17.8. The number of carbonyl (C=O) groups excluding carboxylic acids is 1. The first-order valence-corrected chi connectivity index (χ1v) is 11.0. The molecule has 0 spiro atoms. The van der Waals surface area contributed by atoms with Crippen LogP contribution in [0.4, 0.5) is 0 Å². The third-order valence-electron chi connectivity index (χ3n) is 7.47. The summed E-state index contributed by atoms with van der Waals surface area (Å²) in [5, 5.41) is 4.05. The fraction of sp³-hybridized carbons (Fsp3) is 0.636. The molecule has 0 radical (unpaired) electrons. The Hall–Kier alpha value is -1.29. The van der Waals surface area contributed by atoms with Gasteiger partial charge in [-0.15, -0.1) is 0 Å². The first-order chi connectivity index (χ1) is 12.5. The number of nitrogens with zero attached hydrogens (tertiary/aromatic N) is 1. The Morgan fingerprint density at radius 2 is 1.92 bits per heavy atom. The highest BCUT2D eigenvalue weighted by Gasteiger charge is 2.61. The maximum absolute atomic E-state index is 13.3. The second kappa shape index (κ2) is 5.85. The lowest BCUT2D eigenvalue weighted by atomic mass is 9.42. The third kappa shape index (κ3) is 2.56. The zero-order valence-electron chi connectivity index (χ0n) is 15.8. The van der Waals surface area contributed by atoms with Crippen LogP contribution in [0.1, 0.15) is 55.2 Å². The zero-order valence-corrected chi connectivity index (χ0v) is 16.6. The van der Waals surface area contributed by atoms with Crippen LogP contribution in [-0.4, -0.2) is 23.4 Å². The average Bonchev–Trinajstić information content (AvgIpc) is 3.09. The van der Waals surface area contributed by atoms with E-state index in [0.29, 0.717) is 11.8 Å². The highest BCUT2D eigenvalue weighted by molar-refractivity contribution is 8.14. The minimum Gasteiger partial charge on any atom is -0.305 e. The molecule has 0 aromatic heterocycles. The fourth-order valence-electron chi connectivity index (χ4n) is 6.58. The van der Waals surface area contributed by atoms with Crippen LogP contribution in [0.15, 0.2) is 23.2 Å². The van der Waals surface area contributed by atoms with E-state index in [0.717, 1.165) is 36.7 Å². The van der Waals surface area contributed by atoms with Crippen molar-refractivity contribution in [3.63, 3.8) is 0 Å². The highest BCUT2D eigenvalue weighted by Crippen LogP contribution is 2.65. The van der Waals surface area contributed by atoms with E-state index in [1.54, 1.807) is 11.8 Å². The molecule has 0 saturated heterocycles. The topological polar surface area (TPSA) is 41.5 Å². The summed E-state index contributed by atoms with van der Waals surface area (Å²) in [5.74, 6) is 2.68. The highest BCUT2D eigenvalue weighted by atomic mass is 32.2. The largest absolute Gasteiger partial charge is 0.305 e. The molecule has 1 heterocycles. The van der Waals surface area contributed by atoms with E-state index < -0.39 is 0 Å². The first-order valence-electron chi connectivity index (χ1n) is 10.0. The van der Waals surface area contributed by atoms with Gasteiger partial charge >= 0.3 is 0 Å². The van der Waals surface area contributed by atoms with Gasteiger partial charge in [-0.2, -0.15) is 0 Å². The molecule has 2 unspecified atom stereocenters. The number of carbonyl (C=O) groups is 1. The minimum atomic E-state index is -0.172. The average molecular weight is 369 g/mol. The molecule has 4 heteroatoms. The number of amidine groups is 1. The summed E-state index contributed by atoms with van der Waals surface area (Å²) in [6.45, 7) is 5.25. The number of thioether (sulfide) groups is 1. The van der Waals surface area contributed by atoms with E-state index in [1.165, 1.54) is 36.0 Å². The summed E-state index contributed by atoms with van der Waals surface area (Å²) >= 11 is 1.69. The van der Waals surface area contributed by atoms with Gasteiger partial charge in [0.2, 0.25) is 5.91 Å². The quantitative estimate of drug-likeness (QED) is 0.843. The number of aryl methyl sites for hydroxylation is 2. The van der Waals surface area contributed by atoms with E-state index in [9.17, 15) is 4.79 Å². The summed E-state index contributed by atoms with van der Waals surface area (Å²) in [5.41, 5.74) is 4.27. The van der Waals surface area contributed by atoms with Crippen molar-refractivity contribution < 1.29 is 4.79 Å². The van der Waals surface area contributed by atoms with Gasteiger partial charge in [0, 0.05) is 5.75 Å². The maximum atomic E-state index is 13.3. The molecule has 1 amide bonds. The van der Waals surface area contributed by atoms with E-state index in [2.05, 4.69) is 42.4 Å². The molecule has 26 heavy (non-hydrogen) atoms. The third-order valence-corrected chi connectivity index (χ3v) is 8.36.